The van der Waals surface area contributed by atoms with E-state index in [2.05, 4.69) is 30.4 Å². The van der Waals surface area contributed by atoms with Gasteiger partial charge in [0.2, 0.25) is 0 Å². The van der Waals surface area contributed by atoms with Crippen LogP contribution >= 0.6 is 0 Å². The average Bonchev–Trinajstić information content (AvgIpc) is 2.19. The lowest BCUT2D eigenvalue weighted by molar-refractivity contribution is 0.839. The standard InChI is InChI=1S/C13H17N/c14-12-13-10-8-6-4-2-1-3-5-7-9-11-13/h2,4-5,7,11H,1,3,6,8-10H2/b4-2-,7-5-,13-11+. The summed E-state index contributed by atoms with van der Waals surface area (Å²) in [5.74, 6) is 0. The highest BCUT2D eigenvalue weighted by molar-refractivity contribution is 5.21. The van der Waals surface area contributed by atoms with E-state index in [1.54, 1.807) is 0 Å². The predicted octanol–water partition coefficient (Wildman–Crippen LogP) is 3.90. The molecule has 0 radical (unpaired) electrons. The molecule has 0 aromatic carbocycles. The van der Waals surface area contributed by atoms with Gasteiger partial charge in [0.25, 0.3) is 0 Å². The molecule has 14 heavy (non-hydrogen) atoms. The average molecular weight is 187 g/mol. The summed E-state index contributed by atoms with van der Waals surface area (Å²) in [6.07, 6.45) is 17.1. The molecule has 0 aliphatic heterocycles. The van der Waals surface area contributed by atoms with Gasteiger partial charge in [0.05, 0.1) is 6.07 Å². The zero-order valence-corrected chi connectivity index (χ0v) is 8.58. The Bertz CT molecular complexity index is 276. The fourth-order valence-electron chi connectivity index (χ4n) is 1.47. The molecule has 0 saturated carbocycles. The van der Waals surface area contributed by atoms with Crippen molar-refractivity contribution in [1.29, 1.82) is 5.26 Å². The quantitative estimate of drug-likeness (QED) is 0.527. The molecule has 0 N–H and O–H groups in total. The maximum absolute atomic E-state index is 8.84. The van der Waals surface area contributed by atoms with Crippen molar-refractivity contribution in [3.8, 4) is 6.07 Å². The third-order valence-electron chi connectivity index (χ3n) is 2.29. The van der Waals surface area contributed by atoms with Crippen LogP contribution in [0.1, 0.15) is 38.5 Å². The molecule has 0 spiro atoms. The predicted molar refractivity (Wildman–Crippen MR) is 59.7 cm³/mol. The summed E-state index contributed by atoms with van der Waals surface area (Å²) in [6, 6.07) is 2.26. The van der Waals surface area contributed by atoms with Crippen molar-refractivity contribution in [1.82, 2.24) is 0 Å². The Hall–Kier alpha value is -1.29. The van der Waals surface area contributed by atoms with Gasteiger partial charge in [0, 0.05) is 5.57 Å². The molecular formula is C13H17N. The molecule has 0 atom stereocenters. The van der Waals surface area contributed by atoms with Crippen LogP contribution in [0.5, 0.6) is 0 Å². The van der Waals surface area contributed by atoms with Crippen LogP contribution in [-0.2, 0) is 0 Å². The molecule has 0 aromatic rings. The zero-order valence-electron chi connectivity index (χ0n) is 8.58. The summed E-state index contributed by atoms with van der Waals surface area (Å²) in [5.41, 5.74) is 0.934. The van der Waals surface area contributed by atoms with E-state index in [0.717, 1.165) is 44.1 Å². The highest BCUT2D eigenvalue weighted by Crippen LogP contribution is 2.10. The van der Waals surface area contributed by atoms with Crippen molar-refractivity contribution < 1.29 is 0 Å². The van der Waals surface area contributed by atoms with Crippen LogP contribution in [0.25, 0.3) is 0 Å². The Kier molecular flexibility index (Phi) is 5.51. The number of nitriles is 1. The summed E-state index contributed by atoms with van der Waals surface area (Å²) in [6.45, 7) is 0. The minimum absolute atomic E-state index is 0.909. The van der Waals surface area contributed by atoms with Gasteiger partial charge in [-0.05, 0) is 38.5 Å². The second kappa shape index (κ2) is 7.15. The van der Waals surface area contributed by atoms with Gasteiger partial charge in [0.1, 0.15) is 0 Å². The number of nitrogens with zero attached hydrogens (tertiary/aromatic N) is 1. The van der Waals surface area contributed by atoms with Gasteiger partial charge in [-0.25, -0.2) is 0 Å². The van der Waals surface area contributed by atoms with Crippen LogP contribution < -0.4 is 0 Å². The van der Waals surface area contributed by atoms with E-state index in [4.69, 9.17) is 5.26 Å². The molecule has 1 aliphatic rings. The highest BCUT2D eigenvalue weighted by Gasteiger charge is 1.94. The molecule has 0 amide bonds. The van der Waals surface area contributed by atoms with Crippen molar-refractivity contribution in [2.45, 2.75) is 38.5 Å². The van der Waals surface area contributed by atoms with E-state index in [1.165, 1.54) is 0 Å². The van der Waals surface area contributed by atoms with Crippen LogP contribution in [0.2, 0.25) is 0 Å². The Morgan fingerprint density at radius 3 is 2.50 bits per heavy atom. The smallest absolute Gasteiger partial charge is 0.0943 e. The fourth-order valence-corrected chi connectivity index (χ4v) is 1.47. The molecule has 1 aliphatic carbocycles. The normalized spacial score (nSPS) is 27.2. The van der Waals surface area contributed by atoms with Crippen molar-refractivity contribution in [2.24, 2.45) is 0 Å². The van der Waals surface area contributed by atoms with E-state index >= 15 is 0 Å². The molecule has 1 rings (SSSR count). The van der Waals surface area contributed by atoms with Crippen LogP contribution in [-0.4, -0.2) is 0 Å². The lowest BCUT2D eigenvalue weighted by Gasteiger charge is -1.97. The summed E-state index contributed by atoms with van der Waals surface area (Å²) >= 11 is 0. The van der Waals surface area contributed by atoms with E-state index in [0.29, 0.717) is 0 Å². The number of hydrogen-bond donors (Lipinski definition) is 0. The summed E-state index contributed by atoms with van der Waals surface area (Å²) in [5, 5.41) is 8.84. The zero-order chi connectivity index (χ0) is 10.1. The minimum atomic E-state index is 0.909. The van der Waals surface area contributed by atoms with Crippen LogP contribution in [0.4, 0.5) is 0 Å². The second-order valence-electron chi connectivity index (χ2n) is 3.49. The minimum Gasteiger partial charge on any atom is -0.193 e. The van der Waals surface area contributed by atoms with Gasteiger partial charge >= 0.3 is 0 Å². The van der Waals surface area contributed by atoms with Crippen LogP contribution in [0, 0.1) is 11.3 Å². The van der Waals surface area contributed by atoms with Gasteiger partial charge in [-0.2, -0.15) is 5.26 Å². The van der Waals surface area contributed by atoms with Crippen molar-refractivity contribution >= 4 is 0 Å². The first-order chi connectivity index (χ1) is 6.93. The van der Waals surface area contributed by atoms with Gasteiger partial charge < -0.3 is 0 Å². The lowest BCUT2D eigenvalue weighted by Crippen LogP contribution is -1.81. The highest BCUT2D eigenvalue weighted by atomic mass is 14.2. The van der Waals surface area contributed by atoms with E-state index in [9.17, 15) is 0 Å². The molecule has 0 fully saturated rings. The van der Waals surface area contributed by atoms with Crippen molar-refractivity contribution in [2.75, 3.05) is 0 Å². The molecule has 0 unspecified atom stereocenters. The summed E-state index contributed by atoms with van der Waals surface area (Å²) in [4.78, 5) is 0. The topological polar surface area (TPSA) is 23.8 Å². The first-order valence-corrected chi connectivity index (χ1v) is 5.32. The SMILES string of the molecule is N#C/C1=C/C/C=C\CC/C=C\CCC1. The van der Waals surface area contributed by atoms with Crippen molar-refractivity contribution in [3.05, 3.63) is 36.0 Å². The van der Waals surface area contributed by atoms with Gasteiger partial charge in [0.15, 0.2) is 0 Å². The maximum atomic E-state index is 8.84. The van der Waals surface area contributed by atoms with E-state index in [1.807, 2.05) is 6.08 Å². The van der Waals surface area contributed by atoms with Crippen LogP contribution in [0.3, 0.4) is 0 Å². The third kappa shape index (κ3) is 4.67. The Morgan fingerprint density at radius 2 is 1.71 bits per heavy atom. The summed E-state index contributed by atoms with van der Waals surface area (Å²) < 4.78 is 0. The molecule has 0 bridgehead atoms. The Morgan fingerprint density at radius 1 is 1.00 bits per heavy atom. The van der Waals surface area contributed by atoms with Gasteiger partial charge in [-0.15, -0.1) is 0 Å². The molecule has 0 saturated heterocycles. The first-order valence-electron chi connectivity index (χ1n) is 5.32. The number of rotatable bonds is 0. The first kappa shape index (κ1) is 10.8. The van der Waals surface area contributed by atoms with E-state index in [-0.39, 0.29) is 0 Å². The molecule has 0 heterocycles. The Balaban J connectivity index is 2.52. The summed E-state index contributed by atoms with van der Waals surface area (Å²) in [7, 11) is 0. The van der Waals surface area contributed by atoms with Gasteiger partial charge in [-0.1, -0.05) is 30.4 Å². The monoisotopic (exact) mass is 187 g/mol. The molecule has 0 aromatic heterocycles. The largest absolute Gasteiger partial charge is 0.193 e. The lowest BCUT2D eigenvalue weighted by atomic mass is 10.1. The molecule has 74 valence electrons. The van der Waals surface area contributed by atoms with E-state index < -0.39 is 0 Å². The number of hydrogen-bond acceptors (Lipinski definition) is 1. The molecular weight excluding hydrogens is 170 g/mol. The second-order valence-corrected chi connectivity index (χ2v) is 3.49. The Labute approximate surface area is 86.4 Å². The number of allylic oxidation sites excluding steroid dienone is 6. The fraction of sp³-hybridized carbons (Fsp3) is 0.462. The molecule has 1 heteroatoms. The van der Waals surface area contributed by atoms with Crippen LogP contribution in [0.15, 0.2) is 36.0 Å². The maximum Gasteiger partial charge on any atom is 0.0943 e. The third-order valence-corrected chi connectivity index (χ3v) is 2.29. The molecule has 1 nitrogen and oxygen atoms in total. The van der Waals surface area contributed by atoms with Crippen molar-refractivity contribution in [3.63, 3.8) is 0 Å². The van der Waals surface area contributed by atoms with Gasteiger partial charge in [-0.3, -0.25) is 0 Å².